The molecule has 0 bridgehead atoms. The first-order valence-corrected chi connectivity index (χ1v) is 8.18. The Bertz CT molecular complexity index is 688. The fourth-order valence-electron chi connectivity index (χ4n) is 3.16. The zero-order valence-electron chi connectivity index (χ0n) is 14.9. The van der Waals surface area contributed by atoms with Crippen molar-refractivity contribution in [2.75, 3.05) is 33.7 Å². The molecule has 0 aromatic heterocycles. The summed E-state index contributed by atoms with van der Waals surface area (Å²) in [4.78, 5) is 46.1. The number of amidine groups is 1. The standard InChI is InChI=1S/C16H24N5O3/c1-16(2,3)10(22)9-20-7-6-8-21-11-12(17-14(20)21)18(4)15(24)19(5)13(11)23/h11H,6-9H2,1-5H3/q+1. The minimum Gasteiger partial charge on any atom is -0.296 e. The van der Waals surface area contributed by atoms with E-state index in [1.807, 2.05) is 30.2 Å². The Hall–Kier alpha value is -2.25. The van der Waals surface area contributed by atoms with Crippen LogP contribution in [0.25, 0.3) is 0 Å². The maximum Gasteiger partial charge on any atom is 0.392 e. The van der Waals surface area contributed by atoms with Gasteiger partial charge < -0.3 is 0 Å². The van der Waals surface area contributed by atoms with Crippen LogP contribution in [0.2, 0.25) is 0 Å². The maximum absolute atomic E-state index is 12.6. The van der Waals surface area contributed by atoms with Gasteiger partial charge in [-0.3, -0.25) is 24.0 Å². The number of ketones is 1. The van der Waals surface area contributed by atoms with E-state index in [9.17, 15) is 14.4 Å². The van der Waals surface area contributed by atoms with Crippen LogP contribution in [-0.2, 0) is 9.59 Å². The molecule has 3 amide bonds. The Balaban J connectivity index is 1.99. The number of carbonyl (C=O) groups excluding carboxylic acids is 3. The van der Waals surface area contributed by atoms with Crippen LogP contribution in [-0.4, -0.2) is 88.6 Å². The van der Waals surface area contributed by atoms with E-state index in [4.69, 9.17) is 0 Å². The van der Waals surface area contributed by atoms with Gasteiger partial charge in [0.25, 0.3) is 5.91 Å². The molecule has 0 N–H and O–H groups in total. The highest BCUT2D eigenvalue weighted by Gasteiger charge is 2.55. The van der Waals surface area contributed by atoms with Gasteiger partial charge >= 0.3 is 12.0 Å². The topological polar surface area (TPSA) is 76.3 Å². The molecule has 3 heterocycles. The number of carbonyl (C=O) groups is 3. The van der Waals surface area contributed by atoms with Gasteiger partial charge in [-0.1, -0.05) is 25.8 Å². The predicted octanol–water partition coefficient (Wildman–Crippen LogP) is -0.0197. The highest BCUT2D eigenvalue weighted by atomic mass is 16.2. The van der Waals surface area contributed by atoms with Crippen LogP contribution < -0.4 is 0 Å². The van der Waals surface area contributed by atoms with Gasteiger partial charge in [-0.2, -0.15) is 0 Å². The summed E-state index contributed by atoms with van der Waals surface area (Å²) in [6.07, 6.45) is 0.842. The van der Waals surface area contributed by atoms with Gasteiger partial charge in [0, 0.05) is 25.9 Å². The first-order chi connectivity index (χ1) is 11.1. The van der Waals surface area contributed by atoms with Crippen LogP contribution in [0.5, 0.6) is 0 Å². The lowest BCUT2D eigenvalue weighted by atomic mass is 9.90. The summed E-state index contributed by atoms with van der Waals surface area (Å²) in [6.45, 7) is 7.36. The lowest BCUT2D eigenvalue weighted by Gasteiger charge is -2.34. The fourth-order valence-corrected chi connectivity index (χ4v) is 3.16. The van der Waals surface area contributed by atoms with Crippen LogP contribution in [0.1, 0.15) is 27.2 Å². The molecule has 0 aromatic rings. The summed E-state index contributed by atoms with van der Waals surface area (Å²) in [7, 11) is 3.11. The van der Waals surface area contributed by atoms with E-state index in [1.54, 1.807) is 7.05 Å². The van der Waals surface area contributed by atoms with E-state index in [0.717, 1.165) is 17.9 Å². The number of amides is 3. The van der Waals surface area contributed by atoms with Crippen molar-refractivity contribution < 1.29 is 19.0 Å². The predicted molar refractivity (Wildman–Crippen MR) is 87.9 cm³/mol. The summed E-state index contributed by atoms with van der Waals surface area (Å²) in [5.41, 5.74) is -0.426. The Morgan fingerprint density at radius 3 is 2.54 bits per heavy atom. The number of urea groups is 1. The fraction of sp³-hybridized carbons (Fsp3) is 0.688. The number of nitrogens with zero attached hydrogens (tertiary/aromatic N) is 5. The summed E-state index contributed by atoms with van der Waals surface area (Å²) in [5.74, 6) is 0.936. The van der Waals surface area contributed by atoms with E-state index >= 15 is 0 Å². The smallest absolute Gasteiger partial charge is 0.296 e. The maximum atomic E-state index is 12.6. The second kappa shape index (κ2) is 5.39. The zero-order chi connectivity index (χ0) is 17.8. The van der Waals surface area contributed by atoms with Crippen LogP contribution >= 0.6 is 0 Å². The molecule has 1 unspecified atom stereocenters. The molecule has 1 saturated heterocycles. The highest BCUT2D eigenvalue weighted by molar-refractivity contribution is 6.25. The minimum atomic E-state index is -0.569. The molecule has 0 aliphatic carbocycles. The SMILES string of the molecule is CN1C(=O)C2C(=NC3=[N+](CC(=O)C(C)(C)C)CCCN32)N(C)C1=O. The first kappa shape index (κ1) is 16.6. The van der Waals surface area contributed by atoms with Crippen molar-refractivity contribution >= 4 is 29.5 Å². The molecule has 1 atom stereocenters. The van der Waals surface area contributed by atoms with Gasteiger partial charge in [0.1, 0.15) is 6.54 Å². The van der Waals surface area contributed by atoms with Crippen molar-refractivity contribution in [3.8, 4) is 0 Å². The van der Waals surface area contributed by atoms with Crippen molar-refractivity contribution in [3.05, 3.63) is 0 Å². The number of Topliss-reactive ketones (excluding diaryl/α,β-unsaturated/α-hetero) is 1. The summed E-state index contributed by atoms with van der Waals surface area (Å²) >= 11 is 0. The number of imide groups is 1. The zero-order valence-corrected chi connectivity index (χ0v) is 14.9. The van der Waals surface area contributed by atoms with Crippen molar-refractivity contribution in [1.82, 2.24) is 14.7 Å². The molecule has 130 valence electrons. The van der Waals surface area contributed by atoms with Gasteiger partial charge in [0.15, 0.2) is 5.78 Å². The van der Waals surface area contributed by atoms with Crippen LogP contribution in [0, 0.1) is 5.41 Å². The molecule has 0 spiro atoms. The van der Waals surface area contributed by atoms with E-state index in [2.05, 4.69) is 4.99 Å². The number of rotatable bonds is 2. The van der Waals surface area contributed by atoms with Gasteiger partial charge in [0.2, 0.25) is 11.9 Å². The Kier molecular flexibility index (Phi) is 3.73. The molecule has 8 nitrogen and oxygen atoms in total. The molecule has 0 saturated carbocycles. The summed E-state index contributed by atoms with van der Waals surface area (Å²) in [6, 6.07) is -0.951. The number of likely N-dealkylation sites (N-methyl/N-ethyl adjacent to an activating group) is 2. The number of guanidine groups is 1. The van der Waals surface area contributed by atoms with E-state index < -0.39 is 11.5 Å². The van der Waals surface area contributed by atoms with Crippen LogP contribution in [0.15, 0.2) is 4.99 Å². The third-order valence-corrected chi connectivity index (χ3v) is 4.79. The van der Waals surface area contributed by atoms with Crippen LogP contribution in [0.3, 0.4) is 0 Å². The third kappa shape index (κ3) is 2.40. The van der Waals surface area contributed by atoms with Crippen LogP contribution in [0.4, 0.5) is 4.79 Å². The molecule has 3 aliphatic rings. The quantitative estimate of drug-likeness (QED) is 0.665. The molecule has 1 fully saturated rings. The van der Waals surface area contributed by atoms with Gasteiger partial charge in [-0.25, -0.2) is 9.69 Å². The number of hydrogen-bond donors (Lipinski definition) is 0. The molecule has 0 radical (unpaired) electrons. The second-order valence-corrected chi connectivity index (χ2v) is 7.55. The van der Waals surface area contributed by atoms with Gasteiger partial charge in [-0.05, 0) is 0 Å². The van der Waals surface area contributed by atoms with Crippen molar-refractivity contribution in [3.63, 3.8) is 0 Å². The van der Waals surface area contributed by atoms with Crippen molar-refractivity contribution in [1.29, 1.82) is 0 Å². The molecular weight excluding hydrogens is 310 g/mol. The largest absolute Gasteiger partial charge is 0.392 e. The highest BCUT2D eigenvalue weighted by Crippen LogP contribution is 2.25. The average Bonchev–Trinajstić information content (AvgIpc) is 2.90. The Labute approximate surface area is 141 Å². The van der Waals surface area contributed by atoms with Gasteiger partial charge in [-0.15, -0.1) is 0 Å². The van der Waals surface area contributed by atoms with E-state index in [-0.39, 0.29) is 24.3 Å². The monoisotopic (exact) mass is 334 g/mol. The summed E-state index contributed by atoms with van der Waals surface area (Å²) < 4.78 is 1.92. The Morgan fingerprint density at radius 2 is 1.92 bits per heavy atom. The van der Waals surface area contributed by atoms with E-state index in [1.165, 1.54) is 11.9 Å². The number of hydrogen-bond acceptors (Lipinski definition) is 5. The molecule has 0 aromatic carbocycles. The Morgan fingerprint density at radius 1 is 1.25 bits per heavy atom. The molecule has 24 heavy (non-hydrogen) atoms. The van der Waals surface area contributed by atoms with Crippen molar-refractivity contribution in [2.45, 2.75) is 33.2 Å². The number of aliphatic imine (C=N–C) groups is 1. The van der Waals surface area contributed by atoms with E-state index in [0.29, 0.717) is 18.3 Å². The molecule has 3 rings (SSSR count). The second-order valence-electron chi connectivity index (χ2n) is 7.55. The minimum absolute atomic E-state index is 0.125. The number of fused-ring (bicyclic) bond motifs is 3. The normalized spacial score (nSPS) is 24.3. The first-order valence-electron chi connectivity index (χ1n) is 8.18. The third-order valence-electron chi connectivity index (χ3n) is 4.79. The average molecular weight is 334 g/mol. The lowest BCUT2D eigenvalue weighted by molar-refractivity contribution is -0.528. The summed E-state index contributed by atoms with van der Waals surface area (Å²) in [5, 5.41) is 0. The lowest BCUT2D eigenvalue weighted by Crippen LogP contribution is -2.63. The molecular formula is C16H24N5O3+. The van der Waals surface area contributed by atoms with Crippen molar-refractivity contribution in [2.24, 2.45) is 10.4 Å². The van der Waals surface area contributed by atoms with Gasteiger partial charge in [0.05, 0.1) is 13.1 Å². The molecule has 3 aliphatic heterocycles. The molecule has 8 heteroatoms.